The van der Waals surface area contributed by atoms with E-state index >= 15 is 0 Å². The zero-order chi connectivity index (χ0) is 7.98. The molecule has 0 rings (SSSR count). The van der Waals surface area contributed by atoms with Gasteiger partial charge in [0.1, 0.15) is 0 Å². The highest BCUT2D eigenvalue weighted by Gasteiger charge is 2.00. The Labute approximate surface area is 59.2 Å². The topological polar surface area (TPSA) is 66.4 Å². The highest BCUT2D eigenvalue weighted by molar-refractivity contribution is 5.93. The van der Waals surface area contributed by atoms with Gasteiger partial charge in [-0.05, 0) is 6.42 Å². The molecule has 0 bridgehead atoms. The molecule has 2 amide bonds. The van der Waals surface area contributed by atoms with E-state index in [0.717, 1.165) is 0 Å². The van der Waals surface area contributed by atoms with Crippen LogP contribution in [0.2, 0.25) is 0 Å². The highest BCUT2D eigenvalue weighted by atomic mass is 16.3. The summed E-state index contributed by atoms with van der Waals surface area (Å²) in [6.07, 6.45) is 0.606. The van der Waals surface area contributed by atoms with Crippen LogP contribution in [0, 0.1) is 0 Å². The van der Waals surface area contributed by atoms with Crippen LogP contribution in [0.3, 0.4) is 0 Å². The molecule has 0 aliphatic rings. The fraction of sp³-hybridized carbons (Fsp3) is 0.667. The Kier molecular flexibility index (Phi) is 4.49. The number of aliphatic hydroxyl groups is 1. The van der Waals surface area contributed by atoms with Gasteiger partial charge < -0.3 is 5.11 Å². The van der Waals surface area contributed by atoms with Crippen LogP contribution in [0.15, 0.2) is 0 Å². The van der Waals surface area contributed by atoms with Crippen molar-refractivity contribution in [2.75, 3.05) is 6.61 Å². The molecular formula is C6H11NO3. The Morgan fingerprint density at radius 2 is 2.10 bits per heavy atom. The van der Waals surface area contributed by atoms with E-state index in [1.807, 2.05) is 0 Å². The maximum atomic E-state index is 10.6. The number of rotatable bonds is 3. The first-order valence-electron chi connectivity index (χ1n) is 3.08. The van der Waals surface area contributed by atoms with Crippen LogP contribution in [-0.4, -0.2) is 23.5 Å². The summed E-state index contributed by atoms with van der Waals surface area (Å²) in [6.45, 7) is 1.25. The van der Waals surface area contributed by atoms with E-state index in [1.54, 1.807) is 0 Å². The van der Waals surface area contributed by atoms with Gasteiger partial charge in [-0.15, -0.1) is 0 Å². The summed E-state index contributed by atoms with van der Waals surface area (Å²) in [6, 6.07) is 0. The number of aliphatic hydroxyl groups excluding tert-OH is 1. The van der Waals surface area contributed by atoms with Crippen molar-refractivity contribution in [3.05, 3.63) is 0 Å². The molecule has 58 valence electrons. The quantitative estimate of drug-likeness (QED) is 0.558. The Morgan fingerprint density at radius 1 is 1.50 bits per heavy atom. The van der Waals surface area contributed by atoms with E-state index in [1.165, 1.54) is 6.92 Å². The number of carbonyl (C=O) groups excluding carboxylic acids is 2. The van der Waals surface area contributed by atoms with E-state index in [2.05, 4.69) is 5.32 Å². The van der Waals surface area contributed by atoms with Crippen molar-refractivity contribution in [3.8, 4) is 0 Å². The van der Waals surface area contributed by atoms with E-state index < -0.39 is 0 Å². The molecule has 0 saturated heterocycles. The van der Waals surface area contributed by atoms with Gasteiger partial charge in [0.15, 0.2) is 0 Å². The van der Waals surface area contributed by atoms with E-state index in [9.17, 15) is 9.59 Å². The van der Waals surface area contributed by atoms with Gasteiger partial charge in [-0.3, -0.25) is 14.9 Å². The zero-order valence-electron chi connectivity index (χ0n) is 5.89. The number of hydrogen-bond donors (Lipinski definition) is 2. The predicted molar refractivity (Wildman–Crippen MR) is 35.1 cm³/mol. The van der Waals surface area contributed by atoms with Crippen LogP contribution < -0.4 is 5.32 Å². The van der Waals surface area contributed by atoms with Crippen molar-refractivity contribution in [3.63, 3.8) is 0 Å². The second-order valence-corrected chi connectivity index (χ2v) is 1.93. The van der Waals surface area contributed by atoms with E-state index in [4.69, 9.17) is 5.11 Å². The third-order valence-electron chi connectivity index (χ3n) is 0.877. The molecule has 10 heavy (non-hydrogen) atoms. The molecule has 0 spiro atoms. The van der Waals surface area contributed by atoms with Gasteiger partial charge >= 0.3 is 0 Å². The smallest absolute Gasteiger partial charge is 0.226 e. The fourth-order valence-electron chi connectivity index (χ4n) is 0.498. The van der Waals surface area contributed by atoms with Crippen LogP contribution in [0.5, 0.6) is 0 Å². The average molecular weight is 145 g/mol. The Bertz CT molecular complexity index is 133. The van der Waals surface area contributed by atoms with Crippen molar-refractivity contribution in [1.82, 2.24) is 5.32 Å². The SMILES string of the molecule is CC(=O)NC(=O)CCCO. The van der Waals surface area contributed by atoms with Crippen molar-refractivity contribution in [2.45, 2.75) is 19.8 Å². The molecule has 0 heterocycles. The zero-order valence-corrected chi connectivity index (χ0v) is 5.89. The molecule has 0 saturated carbocycles. The molecule has 4 nitrogen and oxygen atoms in total. The van der Waals surface area contributed by atoms with Crippen LogP contribution in [-0.2, 0) is 9.59 Å². The summed E-state index contributed by atoms with van der Waals surface area (Å²) in [4.78, 5) is 20.8. The second-order valence-electron chi connectivity index (χ2n) is 1.93. The molecule has 0 aliphatic heterocycles. The normalized spacial score (nSPS) is 9.00. The fourth-order valence-corrected chi connectivity index (χ4v) is 0.498. The minimum absolute atomic E-state index is 0.0225. The minimum atomic E-state index is -0.358. The first-order valence-corrected chi connectivity index (χ1v) is 3.08. The van der Waals surface area contributed by atoms with Crippen molar-refractivity contribution in [2.24, 2.45) is 0 Å². The summed E-state index contributed by atoms with van der Waals surface area (Å²) in [5, 5.41) is 10.4. The maximum absolute atomic E-state index is 10.6. The van der Waals surface area contributed by atoms with Gasteiger partial charge in [-0.2, -0.15) is 0 Å². The van der Waals surface area contributed by atoms with Crippen molar-refractivity contribution < 1.29 is 14.7 Å². The Hall–Kier alpha value is -0.900. The van der Waals surface area contributed by atoms with Gasteiger partial charge in [-0.25, -0.2) is 0 Å². The minimum Gasteiger partial charge on any atom is -0.396 e. The lowest BCUT2D eigenvalue weighted by Crippen LogP contribution is -2.27. The van der Waals surface area contributed by atoms with Crippen LogP contribution >= 0.6 is 0 Å². The largest absolute Gasteiger partial charge is 0.396 e. The number of nitrogens with one attached hydrogen (secondary N) is 1. The lowest BCUT2D eigenvalue weighted by Gasteiger charge is -1.97. The molecular weight excluding hydrogens is 134 g/mol. The Balaban J connectivity index is 3.35. The van der Waals surface area contributed by atoms with Crippen molar-refractivity contribution in [1.29, 1.82) is 0 Å². The number of hydrogen-bond acceptors (Lipinski definition) is 3. The van der Waals surface area contributed by atoms with Crippen LogP contribution in [0.4, 0.5) is 0 Å². The highest BCUT2D eigenvalue weighted by Crippen LogP contribution is 1.85. The van der Waals surface area contributed by atoms with E-state index in [0.29, 0.717) is 6.42 Å². The van der Waals surface area contributed by atoms with E-state index in [-0.39, 0.29) is 24.8 Å². The maximum Gasteiger partial charge on any atom is 0.226 e. The first kappa shape index (κ1) is 9.10. The lowest BCUT2D eigenvalue weighted by molar-refractivity contribution is -0.129. The average Bonchev–Trinajstić information content (AvgIpc) is 1.82. The molecule has 0 aromatic heterocycles. The molecule has 0 aromatic rings. The molecule has 0 unspecified atom stereocenters. The number of carbonyl (C=O) groups is 2. The molecule has 4 heteroatoms. The predicted octanol–water partition coefficient (Wildman–Crippen LogP) is -0.578. The standard InChI is InChI=1S/C6H11NO3/c1-5(9)7-6(10)3-2-4-8/h8H,2-4H2,1H3,(H,7,9,10). The summed E-state index contributed by atoms with van der Waals surface area (Å²) < 4.78 is 0. The van der Waals surface area contributed by atoms with Crippen LogP contribution in [0.1, 0.15) is 19.8 Å². The van der Waals surface area contributed by atoms with Gasteiger partial charge in [0.05, 0.1) is 0 Å². The third-order valence-corrected chi connectivity index (χ3v) is 0.877. The number of amides is 2. The third kappa shape index (κ3) is 5.24. The second kappa shape index (κ2) is 4.93. The first-order chi connectivity index (χ1) is 4.66. The molecule has 0 aliphatic carbocycles. The summed E-state index contributed by atoms with van der Waals surface area (Å²) >= 11 is 0. The van der Waals surface area contributed by atoms with Gasteiger partial charge in [0, 0.05) is 20.0 Å². The molecule has 2 N–H and O–H groups in total. The van der Waals surface area contributed by atoms with Crippen LogP contribution in [0.25, 0.3) is 0 Å². The van der Waals surface area contributed by atoms with Gasteiger partial charge in [-0.1, -0.05) is 0 Å². The lowest BCUT2D eigenvalue weighted by atomic mass is 10.3. The Morgan fingerprint density at radius 3 is 2.50 bits per heavy atom. The summed E-state index contributed by atoms with van der Waals surface area (Å²) in [5.74, 6) is -0.690. The molecule has 0 atom stereocenters. The molecule has 0 aromatic carbocycles. The summed E-state index contributed by atoms with van der Waals surface area (Å²) in [5.41, 5.74) is 0. The van der Waals surface area contributed by atoms with Gasteiger partial charge in [0.2, 0.25) is 11.8 Å². The molecule has 0 radical (unpaired) electrons. The molecule has 0 fully saturated rings. The van der Waals surface area contributed by atoms with Gasteiger partial charge in [0.25, 0.3) is 0 Å². The van der Waals surface area contributed by atoms with Crippen molar-refractivity contribution >= 4 is 11.8 Å². The number of imide groups is 1. The summed E-state index contributed by atoms with van der Waals surface area (Å²) in [7, 11) is 0. The monoisotopic (exact) mass is 145 g/mol.